The van der Waals surface area contributed by atoms with Crippen molar-refractivity contribution in [2.75, 3.05) is 6.61 Å². The molecule has 18 heavy (non-hydrogen) atoms. The monoisotopic (exact) mass is 250 g/mol. The number of hydrogen-bond acceptors (Lipinski definition) is 3. The summed E-state index contributed by atoms with van der Waals surface area (Å²) in [7, 11) is 0. The Morgan fingerprint density at radius 3 is 2.67 bits per heavy atom. The van der Waals surface area contributed by atoms with Gasteiger partial charge in [0.15, 0.2) is 0 Å². The molecule has 0 amide bonds. The van der Waals surface area contributed by atoms with Crippen LogP contribution in [-0.4, -0.2) is 29.2 Å². The van der Waals surface area contributed by atoms with Gasteiger partial charge in [0.05, 0.1) is 18.6 Å². The van der Waals surface area contributed by atoms with Gasteiger partial charge in [-0.25, -0.2) is 0 Å². The molecule has 3 nitrogen and oxygen atoms in total. The number of hydrogen-bond donors (Lipinski definition) is 1. The topological polar surface area (TPSA) is 46.5 Å². The van der Waals surface area contributed by atoms with E-state index in [9.17, 15) is 9.90 Å². The van der Waals surface area contributed by atoms with Gasteiger partial charge in [0, 0.05) is 16.7 Å². The van der Waals surface area contributed by atoms with Crippen molar-refractivity contribution in [2.45, 2.75) is 51.7 Å². The summed E-state index contributed by atoms with van der Waals surface area (Å²) in [6.45, 7) is 7.03. The third-order valence-corrected chi connectivity index (χ3v) is 6.98. The summed E-state index contributed by atoms with van der Waals surface area (Å²) < 4.78 is 6.14. The lowest BCUT2D eigenvalue weighted by Gasteiger charge is -2.64. The highest BCUT2D eigenvalue weighted by Crippen LogP contribution is 2.73. The minimum Gasteiger partial charge on any atom is -0.389 e. The average molecular weight is 250 g/mol. The van der Waals surface area contributed by atoms with E-state index in [0.717, 1.165) is 19.3 Å². The standard InChI is InChI=1S/C15H22O3/c1-8-9-4-5-14(9,3)15-10(11(8)16)6-13(2,7-18-15)12(15)17/h8-10,12,17H,4-7H2,1-3H3/t8-,9+,10?,12+,13+,14+,15+/m1/s1. The highest BCUT2D eigenvalue weighted by molar-refractivity contribution is 5.87. The van der Waals surface area contributed by atoms with Crippen LogP contribution in [0.4, 0.5) is 0 Å². The highest BCUT2D eigenvalue weighted by Gasteiger charge is 2.79. The van der Waals surface area contributed by atoms with Crippen molar-refractivity contribution in [2.24, 2.45) is 28.6 Å². The molecule has 1 N–H and O–H groups in total. The first-order valence-corrected chi connectivity index (χ1v) is 7.23. The van der Waals surface area contributed by atoms with Crippen LogP contribution in [0.25, 0.3) is 0 Å². The molecule has 7 atom stereocenters. The molecule has 100 valence electrons. The minimum atomic E-state index is -0.561. The molecule has 3 aliphatic carbocycles. The SMILES string of the molecule is C[C@H]1C(=O)C2C[C@@]3(C)CO[C@@]2([C@H]3O)[C@@]2(C)CC[C@@H]12. The van der Waals surface area contributed by atoms with Gasteiger partial charge in [0.25, 0.3) is 0 Å². The molecular formula is C15H22O3. The number of aliphatic hydroxyl groups is 1. The molecule has 2 bridgehead atoms. The molecule has 1 aliphatic heterocycles. The molecule has 1 spiro atoms. The van der Waals surface area contributed by atoms with Gasteiger partial charge in [-0.15, -0.1) is 0 Å². The Kier molecular flexibility index (Phi) is 1.81. The smallest absolute Gasteiger partial charge is 0.142 e. The molecule has 0 radical (unpaired) electrons. The Morgan fingerprint density at radius 2 is 2.11 bits per heavy atom. The summed E-state index contributed by atoms with van der Waals surface area (Å²) in [6, 6.07) is 0. The lowest BCUT2D eigenvalue weighted by molar-refractivity contribution is -0.246. The maximum Gasteiger partial charge on any atom is 0.142 e. The van der Waals surface area contributed by atoms with E-state index in [0.29, 0.717) is 18.3 Å². The Bertz CT molecular complexity index is 447. The summed E-state index contributed by atoms with van der Waals surface area (Å²) in [6.07, 6.45) is 2.57. The highest BCUT2D eigenvalue weighted by atomic mass is 16.5. The Balaban J connectivity index is 1.90. The number of ketones is 1. The van der Waals surface area contributed by atoms with Gasteiger partial charge in [0.2, 0.25) is 0 Å². The number of carbonyl (C=O) groups is 1. The third kappa shape index (κ3) is 0.847. The summed E-state index contributed by atoms with van der Waals surface area (Å²) in [5.41, 5.74) is -0.750. The minimum absolute atomic E-state index is 0.0126. The molecule has 4 rings (SSSR count). The fraction of sp³-hybridized carbons (Fsp3) is 0.933. The summed E-state index contributed by atoms with van der Waals surface area (Å²) in [4.78, 5) is 12.6. The maximum atomic E-state index is 12.6. The van der Waals surface area contributed by atoms with E-state index >= 15 is 0 Å². The van der Waals surface area contributed by atoms with Crippen molar-refractivity contribution in [3.8, 4) is 0 Å². The Hall–Kier alpha value is -0.410. The van der Waals surface area contributed by atoms with Gasteiger partial charge in [-0.05, 0) is 25.2 Å². The fourth-order valence-corrected chi connectivity index (χ4v) is 5.77. The van der Waals surface area contributed by atoms with Crippen molar-refractivity contribution in [1.29, 1.82) is 0 Å². The molecule has 0 aromatic carbocycles. The number of Topliss-reactive ketones (excluding diaryl/α,β-unsaturated/α-hetero) is 1. The van der Waals surface area contributed by atoms with Gasteiger partial charge in [-0.2, -0.15) is 0 Å². The molecule has 0 aromatic rings. The molecule has 4 aliphatic rings. The molecule has 1 heterocycles. The van der Waals surface area contributed by atoms with E-state index in [4.69, 9.17) is 4.74 Å². The summed E-state index contributed by atoms with van der Waals surface area (Å²) in [5.74, 6) is 0.844. The second-order valence-corrected chi connectivity index (χ2v) is 7.65. The zero-order valence-electron chi connectivity index (χ0n) is 11.4. The third-order valence-electron chi connectivity index (χ3n) is 6.98. The molecule has 3 saturated carbocycles. The van der Waals surface area contributed by atoms with Crippen LogP contribution in [0.1, 0.15) is 40.0 Å². The predicted molar refractivity (Wildman–Crippen MR) is 65.9 cm³/mol. The van der Waals surface area contributed by atoms with Gasteiger partial charge in [-0.1, -0.05) is 20.8 Å². The summed E-state index contributed by atoms with van der Waals surface area (Å²) in [5, 5.41) is 10.8. The van der Waals surface area contributed by atoms with Gasteiger partial charge in [-0.3, -0.25) is 4.79 Å². The van der Waals surface area contributed by atoms with E-state index in [2.05, 4.69) is 20.8 Å². The first-order valence-electron chi connectivity index (χ1n) is 7.23. The van der Waals surface area contributed by atoms with Gasteiger partial charge < -0.3 is 9.84 Å². The molecule has 0 aromatic heterocycles. The predicted octanol–water partition coefficient (Wildman–Crippen LogP) is 1.78. The van der Waals surface area contributed by atoms with E-state index in [1.165, 1.54) is 0 Å². The van der Waals surface area contributed by atoms with Crippen LogP contribution in [0.5, 0.6) is 0 Å². The van der Waals surface area contributed by atoms with Crippen molar-refractivity contribution in [3.05, 3.63) is 0 Å². The number of rotatable bonds is 0. The fourth-order valence-electron chi connectivity index (χ4n) is 5.77. The van der Waals surface area contributed by atoms with Crippen molar-refractivity contribution in [1.82, 2.24) is 0 Å². The zero-order chi connectivity index (χ0) is 12.9. The normalized spacial score (nSPS) is 65.4. The van der Waals surface area contributed by atoms with Crippen LogP contribution >= 0.6 is 0 Å². The zero-order valence-corrected chi connectivity index (χ0v) is 11.4. The quantitative estimate of drug-likeness (QED) is 0.713. The first-order chi connectivity index (χ1) is 8.37. The molecule has 3 heteroatoms. The number of aliphatic hydroxyl groups excluding tert-OH is 1. The van der Waals surface area contributed by atoms with E-state index in [-0.39, 0.29) is 22.7 Å². The molecule has 4 fully saturated rings. The number of carbonyl (C=O) groups excluding carboxylic acids is 1. The van der Waals surface area contributed by atoms with Crippen LogP contribution in [0.15, 0.2) is 0 Å². The Morgan fingerprint density at radius 1 is 1.39 bits per heavy atom. The van der Waals surface area contributed by atoms with Crippen LogP contribution in [0, 0.1) is 28.6 Å². The van der Waals surface area contributed by atoms with E-state index in [1.54, 1.807) is 0 Å². The van der Waals surface area contributed by atoms with Gasteiger partial charge >= 0.3 is 0 Å². The largest absolute Gasteiger partial charge is 0.389 e. The van der Waals surface area contributed by atoms with Crippen LogP contribution in [0.3, 0.4) is 0 Å². The van der Waals surface area contributed by atoms with Crippen molar-refractivity contribution in [3.63, 3.8) is 0 Å². The molecule has 1 saturated heterocycles. The lowest BCUT2D eigenvalue weighted by atomic mass is 9.43. The number of ether oxygens (including phenoxy) is 1. The second-order valence-electron chi connectivity index (χ2n) is 7.65. The van der Waals surface area contributed by atoms with Crippen LogP contribution in [-0.2, 0) is 9.53 Å². The first kappa shape index (κ1) is 11.4. The second kappa shape index (κ2) is 2.85. The Labute approximate surface area is 108 Å². The van der Waals surface area contributed by atoms with Crippen molar-refractivity contribution < 1.29 is 14.6 Å². The van der Waals surface area contributed by atoms with Gasteiger partial charge in [0.1, 0.15) is 11.4 Å². The van der Waals surface area contributed by atoms with Crippen molar-refractivity contribution >= 4 is 5.78 Å². The van der Waals surface area contributed by atoms with E-state index < -0.39 is 11.7 Å². The van der Waals surface area contributed by atoms with E-state index in [1.807, 2.05) is 0 Å². The molecular weight excluding hydrogens is 228 g/mol. The lowest BCUT2D eigenvalue weighted by Crippen LogP contribution is -2.70. The maximum absolute atomic E-state index is 12.6. The van der Waals surface area contributed by atoms with Crippen LogP contribution in [0.2, 0.25) is 0 Å². The average Bonchev–Trinajstić information content (AvgIpc) is 2.70. The van der Waals surface area contributed by atoms with Crippen LogP contribution < -0.4 is 0 Å². The summed E-state index contributed by atoms with van der Waals surface area (Å²) >= 11 is 0. The number of fused-ring (bicyclic) bond motifs is 2. The molecule has 1 unspecified atom stereocenters.